The van der Waals surface area contributed by atoms with Crippen molar-refractivity contribution in [3.8, 4) is 5.06 Å². The van der Waals surface area contributed by atoms with Crippen LogP contribution in [0.25, 0.3) is 0 Å². The van der Waals surface area contributed by atoms with Gasteiger partial charge in [-0.1, -0.05) is 0 Å². The highest BCUT2D eigenvalue weighted by atomic mass is 32.1. The van der Waals surface area contributed by atoms with E-state index in [9.17, 15) is 41.0 Å². The number of carboxylic acids is 1. The zero-order valence-electron chi connectivity index (χ0n) is 16.4. The summed E-state index contributed by atoms with van der Waals surface area (Å²) >= 11 is 0.348. The Morgan fingerprint density at radius 2 is 1.94 bits per heavy atom. The molecule has 2 heterocycles. The van der Waals surface area contributed by atoms with E-state index in [1.165, 1.54) is 20.1 Å². The Morgan fingerprint density at radius 1 is 1.28 bits per heavy atom. The van der Waals surface area contributed by atoms with E-state index in [0.29, 0.717) is 17.4 Å². The van der Waals surface area contributed by atoms with Crippen LogP contribution < -0.4 is 4.74 Å². The van der Waals surface area contributed by atoms with Crippen LogP contribution in [0.4, 0.5) is 26.3 Å². The maximum atomic E-state index is 14.9. The summed E-state index contributed by atoms with van der Waals surface area (Å²) in [4.78, 5) is 25.4. The number of allylic oxidation sites excluding steroid dienone is 2. The number of fused-ring (bicyclic) bond motifs is 1. The van der Waals surface area contributed by atoms with Crippen molar-refractivity contribution in [2.75, 3.05) is 7.11 Å². The van der Waals surface area contributed by atoms with Gasteiger partial charge < -0.3 is 19.5 Å². The minimum Gasteiger partial charge on any atom is -0.494 e. The Morgan fingerprint density at radius 3 is 2.50 bits per heavy atom. The van der Waals surface area contributed by atoms with Gasteiger partial charge in [0.15, 0.2) is 16.6 Å². The third-order valence-corrected chi connectivity index (χ3v) is 5.70. The summed E-state index contributed by atoms with van der Waals surface area (Å²) in [6.07, 6.45) is -10.6. The molecule has 0 aromatic carbocycles. The van der Waals surface area contributed by atoms with Crippen LogP contribution in [0, 0.1) is 0 Å². The van der Waals surface area contributed by atoms with E-state index >= 15 is 0 Å². The molecule has 0 spiro atoms. The third kappa shape index (κ3) is 4.08. The molecular weight excluding hydrogens is 468 g/mol. The lowest BCUT2D eigenvalue weighted by atomic mass is 9.91. The van der Waals surface area contributed by atoms with Crippen molar-refractivity contribution >= 4 is 23.2 Å². The fourth-order valence-corrected chi connectivity index (χ4v) is 4.25. The maximum Gasteiger partial charge on any atom is 0.499 e. The zero-order valence-corrected chi connectivity index (χ0v) is 17.2. The highest BCUT2D eigenvalue weighted by molar-refractivity contribution is 7.12. The first kappa shape index (κ1) is 23.7. The molecule has 13 heteroatoms. The first-order chi connectivity index (χ1) is 14.8. The van der Waals surface area contributed by atoms with Crippen molar-refractivity contribution in [2.24, 2.45) is 0 Å². The van der Waals surface area contributed by atoms with Crippen molar-refractivity contribution in [1.82, 2.24) is 4.90 Å². The SMILES string of the molecule is COC1=CCC2C(=C1F)C(CC(=O)O)=C(C)N2C(=O)c1csc(OC(F)(F)C(F)(F)F)c1. The topological polar surface area (TPSA) is 76.1 Å². The van der Waals surface area contributed by atoms with E-state index in [0.717, 1.165) is 10.3 Å². The number of thiophene rings is 1. The zero-order chi connectivity index (χ0) is 24.0. The molecule has 6 nitrogen and oxygen atoms in total. The van der Waals surface area contributed by atoms with Gasteiger partial charge in [-0.05, 0) is 25.0 Å². The number of halogens is 6. The molecule has 1 aliphatic carbocycles. The number of ether oxygens (including phenoxy) is 2. The van der Waals surface area contributed by atoms with Crippen LogP contribution in [0.3, 0.4) is 0 Å². The molecule has 0 radical (unpaired) electrons. The van der Waals surface area contributed by atoms with Gasteiger partial charge in [0.25, 0.3) is 5.91 Å². The Labute approximate surface area is 181 Å². The summed E-state index contributed by atoms with van der Waals surface area (Å²) in [5.74, 6) is -3.08. The number of carboxylic acid groups (broad SMARTS) is 1. The van der Waals surface area contributed by atoms with Gasteiger partial charge in [-0.2, -0.15) is 22.0 Å². The van der Waals surface area contributed by atoms with Crippen molar-refractivity contribution in [2.45, 2.75) is 38.1 Å². The molecule has 0 fully saturated rings. The van der Waals surface area contributed by atoms with Crippen LogP contribution in [-0.2, 0) is 9.53 Å². The highest BCUT2D eigenvalue weighted by Crippen LogP contribution is 2.45. The molecule has 1 aromatic rings. The summed E-state index contributed by atoms with van der Waals surface area (Å²) < 4.78 is 86.9. The summed E-state index contributed by atoms with van der Waals surface area (Å²) in [7, 11) is 1.22. The Balaban J connectivity index is 1.96. The summed E-state index contributed by atoms with van der Waals surface area (Å²) in [6, 6.07) is -0.217. The standard InChI is InChI=1S/C19H15F6NO5S/c1-8-10(6-13(27)28)15-11(3-4-12(30-2)16(15)20)26(8)17(29)9-5-14(32-7-9)31-19(24,25)18(21,22)23/h4-5,7,11H,3,6H2,1-2H3,(H,27,28). The van der Waals surface area contributed by atoms with Gasteiger partial charge in [-0.25, -0.2) is 4.39 Å². The minimum absolute atomic E-state index is 0.0475. The molecule has 0 saturated heterocycles. The number of amides is 1. The van der Waals surface area contributed by atoms with Crippen molar-refractivity contribution < 1.29 is 50.5 Å². The number of methoxy groups -OCH3 is 1. The molecule has 174 valence electrons. The highest BCUT2D eigenvalue weighted by Gasteiger charge is 2.61. The van der Waals surface area contributed by atoms with Gasteiger partial charge in [0, 0.05) is 22.7 Å². The number of carbonyl (C=O) groups is 2. The van der Waals surface area contributed by atoms with Gasteiger partial charge in [0.2, 0.25) is 0 Å². The van der Waals surface area contributed by atoms with Gasteiger partial charge in [-0.15, -0.1) is 11.3 Å². The molecule has 1 aliphatic heterocycles. The molecule has 1 unspecified atom stereocenters. The van der Waals surface area contributed by atoms with Crippen LogP contribution in [0.5, 0.6) is 5.06 Å². The Bertz CT molecular complexity index is 1050. The number of hydrogen-bond donors (Lipinski definition) is 1. The second-order valence-electron chi connectivity index (χ2n) is 6.83. The molecule has 0 saturated carbocycles. The second kappa shape index (κ2) is 8.19. The normalized spacial score (nSPS) is 19.2. The van der Waals surface area contributed by atoms with Crippen LogP contribution >= 0.6 is 11.3 Å². The number of alkyl halides is 5. The molecule has 1 amide bonds. The van der Waals surface area contributed by atoms with E-state index < -0.39 is 47.5 Å². The van der Waals surface area contributed by atoms with E-state index in [1.807, 2.05) is 0 Å². The molecule has 2 aliphatic rings. The van der Waals surface area contributed by atoms with E-state index in [1.54, 1.807) is 0 Å². The molecule has 32 heavy (non-hydrogen) atoms. The smallest absolute Gasteiger partial charge is 0.494 e. The number of rotatable bonds is 6. The van der Waals surface area contributed by atoms with E-state index in [-0.39, 0.29) is 34.6 Å². The molecule has 1 N–H and O–H groups in total. The fraction of sp³-hybridized carbons (Fsp3) is 0.368. The predicted octanol–water partition coefficient (Wildman–Crippen LogP) is 5.01. The second-order valence-corrected chi connectivity index (χ2v) is 7.71. The molecule has 1 atom stereocenters. The van der Waals surface area contributed by atoms with E-state index in [2.05, 4.69) is 4.74 Å². The Kier molecular flexibility index (Phi) is 6.06. The molecule has 3 rings (SSSR count). The Hall–Kier alpha value is -2.96. The number of nitrogens with zero attached hydrogens (tertiary/aromatic N) is 1. The van der Waals surface area contributed by atoms with Crippen molar-refractivity contribution in [3.05, 3.63) is 51.5 Å². The first-order valence-corrected chi connectivity index (χ1v) is 9.78. The quantitative estimate of drug-likeness (QED) is 0.576. The van der Waals surface area contributed by atoms with Crippen LogP contribution in [0.15, 0.2) is 46.0 Å². The summed E-state index contributed by atoms with van der Waals surface area (Å²) in [5, 5.41) is 9.37. The fourth-order valence-electron chi connectivity index (χ4n) is 3.49. The van der Waals surface area contributed by atoms with Crippen LogP contribution in [-0.4, -0.2) is 47.3 Å². The van der Waals surface area contributed by atoms with Crippen molar-refractivity contribution in [3.63, 3.8) is 0 Å². The van der Waals surface area contributed by atoms with Gasteiger partial charge in [0.05, 0.1) is 25.1 Å². The minimum atomic E-state index is -5.95. The largest absolute Gasteiger partial charge is 0.499 e. The predicted molar refractivity (Wildman–Crippen MR) is 98.7 cm³/mol. The van der Waals surface area contributed by atoms with E-state index in [4.69, 9.17) is 4.74 Å². The lowest BCUT2D eigenvalue weighted by molar-refractivity contribution is -0.359. The number of carbonyl (C=O) groups excluding carboxylic acids is 1. The molecular formula is C19H15F6NO5S. The third-order valence-electron chi connectivity index (χ3n) is 4.90. The van der Waals surface area contributed by atoms with Gasteiger partial charge in [0.1, 0.15) is 0 Å². The first-order valence-electron chi connectivity index (χ1n) is 8.90. The lowest BCUT2D eigenvalue weighted by Crippen LogP contribution is -2.41. The maximum absolute atomic E-state index is 14.9. The summed E-state index contributed by atoms with van der Waals surface area (Å²) in [5.41, 5.74) is -0.160. The molecule has 1 aromatic heterocycles. The van der Waals surface area contributed by atoms with Crippen LogP contribution in [0.2, 0.25) is 0 Å². The van der Waals surface area contributed by atoms with Crippen LogP contribution in [0.1, 0.15) is 30.1 Å². The average molecular weight is 483 g/mol. The van der Waals surface area contributed by atoms with Crippen molar-refractivity contribution in [1.29, 1.82) is 0 Å². The molecule has 0 bridgehead atoms. The average Bonchev–Trinajstić information content (AvgIpc) is 3.23. The van der Waals surface area contributed by atoms with Gasteiger partial charge in [-0.3, -0.25) is 9.59 Å². The monoisotopic (exact) mass is 483 g/mol. The number of aliphatic carboxylic acids is 1. The van der Waals surface area contributed by atoms with Gasteiger partial charge >= 0.3 is 18.3 Å². The number of hydrogen-bond acceptors (Lipinski definition) is 5. The lowest BCUT2D eigenvalue weighted by Gasteiger charge is -2.28. The summed E-state index contributed by atoms with van der Waals surface area (Å²) in [6.45, 7) is 1.39.